The van der Waals surface area contributed by atoms with E-state index in [2.05, 4.69) is 20.3 Å². The Labute approximate surface area is 123 Å². The second-order valence-corrected chi connectivity index (χ2v) is 7.29. The summed E-state index contributed by atoms with van der Waals surface area (Å²) in [7, 11) is 0. The second kappa shape index (κ2) is 4.72. The number of carbonyl (C=O) groups is 1. The van der Waals surface area contributed by atoms with Crippen LogP contribution in [0.25, 0.3) is 11.0 Å². The summed E-state index contributed by atoms with van der Waals surface area (Å²) in [4.78, 5) is 34.2. The molecule has 3 N–H and O–H groups in total. The highest BCUT2D eigenvalue weighted by atomic mass is 16.2. The van der Waals surface area contributed by atoms with E-state index < -0.39 is 5.41 Å². The summed E-state index contributed by atoms with van der Waals surface area (Å²) in [6.45, 7) is 11.5. The van der Waals surface area contributed by atoms with Gasteiger partial charge in [0.15, 0.2) is 0 Å². The topological polar surface area (TPSA) is 90.6 Å². The van der Waals surface area contributed by atoms with Gasteiger partial charge in [-0.1, -0.05) is 41.5 Å². The fourth-order valence-corrected chi connectivity index (χ4v) is 1.99. The molecule has 0 spiro atoms. The van der Waals surface area contributed by atoms with Crippen molar-refractivity contribution in [2.75, 3.05) is 5.32 Å². The Bertz CT molecular complexity index is 742. The summed E-state index contributed by atoms with van der Waals surface area (Å²) < 4.78 is 0. The zero-order valence-corrected chi connectivity index (χ0v) is 13.3. The zero-order chi connectivity index (χ0) is 16.0. The van der Waals surface area contributed by atoms with Crippen molar-refractivity contribution in [1.82, 2.24) is 15.0 Å². The van der Waals surface area contributed by atoms with E-state index in [9.17, 15) is 9.59 Å². The van der Waals surface area contributed by atoms with Crippen LogP contribution in [-0.4, -0.2) is 20.9 Å². The Balaban J connectivity index is 2.49. The van der Waals surface area contributed by atoms with E-state index in [4.69, 9.17) is 0 Å². The molecule has 6 heteroatoms. The smallest absolute Gasteiger partial charge is 0.262 e. The minimum Gasteiger partial charge on any atom is -0.346 e. The van der Waals surface area contributed by atoms with Gasteiger partial charge in [0.25, 0.3) is 5.56 Å². The Morgan fingerprint density at radius 3 is 2.33 bits per heavy atom. The molecule has 2 heterocycles. The summed E-state index contributed by atoms with van der Waals surface area (Å²) in [6.07, 6.45) is 1.79. The molecule has 0 saturated carbocycles. The first-order valence-corrected chi connectivity index (χ1v) is 6.93. The molecule has 2 aromatic rings. The number of nitrogens with zero attached hydrogens (tertiary/aromatic N) is 1. The van der Waals surface area contributed by atoms with Gasteiger partial charge in [-0.2, -0.15) is 4.98 Å². The second-order valence-electron chi connectivity index (χ2n) is 7.29. The molecule has 0 aromatic carbocycles. The van der Waals surface area contributed by atoms with E-state index in [-0.39, 0.29) is 22.8 Å². The van der Waals surface area contributed by atoms with Crippen LogP contribution in [-0.2, 0) is 10.2 Å². The maximum Gasteiger partial charge on any atom is 0.262 e. The Morgan fingerprint density at radius 1 is 1.19 bits per heavy atom. The molecule has 2 aromatic heterocycles. The Kier molecular flexibility index (Phi) is 3.43. The number of nitrogens with one attached hydrogen (secondary N) is 3. The lowest BCUT2D eigenvalue weighted by Gasteiger charge is -2.18. The third kappa shape index (κ3) is 2.99. The summed E-state index contributed by atoms with van der Waals surface area (Å²) in [6, 6.07) is 0. The van der Waals surface area contributed by atoms with Gasteiger partial charge in [-0.25, -0.2) is 0 Å². The summed E-state index contributed by atoms with van der Waals surface area (Å²) >= 11 is 0. The first kappa shape index (κ1) is 15.3. The average Bonchev–Trinajstić information content (AvgIpc) is 2.71. The van der Waals surface area contributed by atoms with Gasteiger partial charge in [0.05, 0.1) is 5.39 Å². The largest absolute Gasteiger partial charge is 0.346 e. The number of hydrogen-bond donors (Lipinski definition) is 3. The SMILES string of the molecule is CC(C)(C)C(=O)Nc1nc2[nH]cc(C(C)(C)C)c2c(=O)[nH]1. The zero-order valence-electron chi connectivity index (χ0n) is 13.3. The molecular weight excluding hydrogens is 268 g/mol. The van der Waals surface area contributed by atoms with Crippen molar-refractivity contribution in [3.63, 3.8) is 0 Å². The van der Waals surface area contributed by atoms with Crippen molar-refractivity contribution in [1.29, 1.82) is 0 Å². The minimum atomic E-state index is -0.556. The molecule has 2 rings (SSSR count). The molecular formula is C15H22N4O2. The van der Waals surface area contributed by atoms with Gasteiger partial charge in [-0.3, -0.25) is 19.9 Å². The van der Waals surface area contributed by atoms with Crippen molar-refractivity contribution in [3.05, 3.63) is 22.1 Å². The highest BCUT2D eigenvalue weighted by Crippen LogP contribution is 2.27. The quantitative estimate of drug-likeness (QED) is 0.753. The third-order valence-corrected chi connectivity index (χ3v) is 3.26. The summed E-state index contributed by atoms with van der Waals surface area (Å²) in [5, 5.41) is 3.18. The van der Waals surface area contributed by atoms with Crippen molar-refractivity contribution in [2.45, 2.75) is 47.0 Å². The van der Waals surface area contributed by atoms with Gasteiger partial charge in [0, 0.05) is 11.6 Å². The number of aromatic nitrogens is 3. The molecule has 0 atom stereocenters. The fraction of sp³-hybridized carbons (Fsp3) is 0.533. The highest BCUT2D eigenvalue weighted by molar-refractivity contribution is 5.93. The molecule has 0 fully saturated rings. The molecule has 0 radical (unpaired) electrons. The maximum atomic E-state index is 12.3. The predicted molar refractivity (Wildman–Crippen MR) is 83.5 cm³/mol. The van der Waals surface area contributed by atoms with E-state index >= 15 is 0 Å². The number of rotatable bonds is 1. The van der Waals surface area contributed by atoms with E-state index in [1.54, 1.807) is 27.0 Å². The number of hydrogen-bond acceptors (Lipinski definition) is 3. The number of carbonyl (C=O) groups excluding carboxylic acids is 1. The van der Waals surface area contributed by atoms with E-state index in [1.807, 2.05) is 20.8 Å². The Morgan fingerprint density at radius 2 is 1.81 bits per heavy atom. The first-order valence-electron chi connectivity index (χ1n) is 6.93. The van der Waals surface area contributed by atoms with Gasteiger partial charge in [-0.05, 0) is 11.0 Å². The van der Waals surface area contributed by atoms with Crippen LogP contribution in [0.4, 0.5) is 5.95 Å². The maximum absolute atomic E-state index is 12.3. The van der Waals surface area contributed by atoms with Crippen molar-refractivity contribution in [3.8, 4) is 0 Å². The van der Waals surface area contributed by atoms with Crippen LogP contribution in [0.5, 0.6) is 0 Å². The number of H-pyrrole nitrogens is 2. The Hall–Kier alpha value is -2.11. The van der Waals surface area contributed by atoms with Crippen molar-refractivity contribution < 1.29 is 4.79 Å². The molecule has 1 amide bonds. The van der Waals surface area contributed by atoms with Gasteiger partial charge in [0.2, 0.25) is 11.9 Å². The van der Waals surface area contributed by atoms with E-state index in [0.29, 0.717) is 11.0 Å². The number of aromatic amines is 2. The van der Waals surface area contributed by atoms with Crippen molar-refractivity contribution in [2.24, 2.45) is 5.41 Å². The number of anilines is 1. The van der Waals surface area contributed by atoms with Crippen LogP contribution in [0.1, 0.15) is 47.1 Å². The van der Waals surface area contributed by atoms with Crippen LogP contribution in [0.2, 0.25) is 0 Å². The molecule has 0 unspecified atom stereocenters. The lowest BCUT2D eigenvalue weighted by Crippen LogP contribution is -2.29. The number of amides is 1. The highest BCUT2D eigenvalue weighted by Gasteiger charge is 2.24. The van der Waals surface area contributed by atoms with E-state index in [1.165, 1.54) is 0 Å². The van der Waals surface area contributed by atoms with Crippen molar-refractivity contribution >= 4 is 22.9 Å². The third-order valence-electron chi connectivity index (χ3n) is 3.26. The lowest BCUT2D eigenvalue weighted by atomic mass is 9.87. The molecule has 0 saturated heterocycles. The fourth-order valence-electron chi connectivity index (χ4n) is 1.99. The van der Waals surface area contributed by atoms with Crippen LogP contribution >= 0.6 is 0 Å². The van der Waals surface area contributed by atoms with Gasteiger partial charge >= 0.3 is 0 Å². The molecule has 0 bridgehead atoms. The predicted octanol–water partition coefficient (Wildman–Crippen LogP) is 2.53. The van der Waals surface area contributed by atoms with Gasteiger partial charge < -0.3 is 4.98 Å². The monoisotopic (exact) mass is 290 g/mol. The van der Waals surface area contributed by atoms with Crippen LogP contribution in [0.15, 0.2) is 11.0 Å². The van der Waals surface area contributed by atoms with Gasteiger partial charge in [0.1, 0.15) is 5.65 Å². The van der Waals surface area contributed by atoms with Crippen LogP contribution in [0.3, 0.4) is 0 Å². The molecule has 114 valence electrons. The lowest BCUT2D eigenvalue weighted by molar-refractivity contribution is -0.123. The van der Waals surface area contributed by atoms with E-state index in [0.717, 1.165) is 5.56 Å². The summed E-state index contributed by atoms with van der Waals surface area (Å²) in [5.74, 6) is -0.0395. The molecule has 21 heavy (non-hydrogen) atoms. The molecule has 0 aliphatic heterocycles. The standard InChI is InChI=1S/C15H22N4O2/c1-14(2,3)8-7-16-10-9(8)11(20)18-13(17-10)19-12(21)15(4,5)6/h7H,1-6H3,(H3,16,17,18,19,20,21). The first-order chi connectivity index (χ1) is 9.50. The average molecular weight is 290 g/mol. The molecule has 6 nitrogen and oxygen atoms in total. The number of fused-ring (bicyclic) bond motifs is 1. The molecule has 0 aliphatic carbocycles. The van der Waals surface area contributed by atoms with Crippen LogP contribution < -0.4 is 10.9 Å². The van der Waals surface area contributed by atoms with Crippen LogP contribution in [0, 0.1) is 5.41 Å². The minimum absolute atomic E-state index is 0.162. The molecule has 0 aliphatic rings. The summed E-state index contributed by atoms with van der Waals surface area (Å²) in [5.41, 5.74) is 0.409. The normalized spacial score (nSPS) is 12.7. The van der Waals surface area contributed by atoms with Gasteiger partial charge in [-0.15, -0.1) is 0 Å².